The smallest absolute Gasteiger partial charge is 0.457 e. The zero-order valence-electron chi connectivity index (χ0n) is 18.6. The number of ether oxygens (including phenoxy) is 5. The maximum absolute atomic E-state index is 12.1. The molecule has 0 amide bonds. The number of aromatic nitrogens is 2. The summed E-state index contributed by atoms with van der Waals surface area (Å²) >= 11 is 0.786. The molecule has 32 heavy (non-hydrogen) atoms. The van der Waals surface area contributed by atoms with E-state index in [0.717, 1.165) is 11.9 Å². The van der Waals surface area contributed by atoms with Crippen LogP contribution in [0, 0.1) is 0 Å². The van der Waals surface area contributed by atoms with Gasteiger partial charge in [-0.05, 0) is 38.3 Å². The minimum absolute atomic E-state index is 0.0540. The van der Waals surface area contributed by atoms with Gasteiger partial charge in [0.05, 0.1) is 43.7 Å². The molecule has 0 aliphatic rings. The summed E-state index contributed by atoms with van der Waals surface area (Å²) in [6, 6.07) is 3.11. The van der Waals surface area contributed by atoms with Gasteiger partial charge in [-0.2, -0.15) is 0 Å². The second kappa shape index (κ2) is 12.0. The molecule has 11 heteroatoms. The number of hydrogen-bond donors (Lipinski definition) is 0. The van der Waals surface area contributed by atoms with E-state index in [9.17, 15) is 14.4 Å². The van der Waals surface area contributed by atoms with Crippen LogP contribution in [0.3, 0.4) is 0 Å². The Labute approximate surface area is 190 Å². The molecule has 10 nitrogen and oxygen atoms in total. The number of carbonyl (C=O) groups is 3. The Morgan fingerprint density at radius 2 is 1.53 bits per heavy atom. The molecule has 0 unspecified atom stereocenters. The molecule has 1 heterocycles. The van der Waals surface area contributed by atoms with Crippen LogP contribution in [-0.4, -0.2) is 46.4 Å². The zero-order chi connectivity index (χ0) is 23.7. The topological polar surface area (TPSA) is 115 Å². The molecule has 0 fully saturated rings. The lowest BCUT2D eigenvalue weighted by atomic mass is 9.97. The normalized spacial score (nSPS) is 10.6. The first-order valence-electron chi connectivity index (χ1n) is 10.1. The Morgan fingerprint density at radius 1 is 0.938 bits per heavy atom. The molecule has 0 bridgehead atoms. The fourth-order valence-electron chi connectivity index (χ4n) is 2.65. The van der Waals surface area contributed by atoms with Gasteiger partial charge in [0.1, 0.15) is 17.8 Å². The number of carbonyl (C=O) groups excluding carboxylic acids is 3. The molecule has 0 aliphatic carbocycles. The molecule has 1 aromatic carbocycles. The standard InChI is InChI=1S/C21H26N2O8S/c1-6-27-19(24)30-17-10-18(31-20(25)28-7-2)15(9-14(17)13(4)5)16-11-22-12-23(16)32-21(26)29-8-3/h9-13H,6-8H2,1-5H3. The lowest BCUT2D eigenvalue weighted by Gasteiger charge is -2.18. The highest BCUT2D eigenvalue weighted by atomic mass is 32.2. The molecule has 174 valence electrons. The number of imidazole rings is 1. The van der Waals surface area contributed by atoms with Crippen LogP contribution in [0.15, 0.2) is 24.7 Å². The number of rotatable bonds is 8. The molecule has 0 spiro atoms. The fraction of sp³-hybridized carbons (Fsp3) is 0.429. The van der Waals surface area contributed by atoms with Crippen LogP contribution in [-0.2, 0) is 14.2 Å². The average Bonchev–Trinajstić information content (AvgIpc) is 3.16. The van der Waals surface area contributed by atoms with E-state index >= 15 is 0 Å². The Morgan fingerprint density at radius 3 is 2.09 bits per heavy atom. The lowest BCUT2D eigenvalue weighted by molar-refractivity contribution is 0.102. The Hall–Kier alpha value is -3.21. The van der Waals surface area contributed by atoms with E-state index < -0.39 is 17.6 Å². The first-order valence-corrected chi connectivity index (χ1v) is 10.8. The van der Waals surface area contributed by atoms with Gasteiger partial charge in [0.2, 0.25) is 0 Å². The molecule has 0 saturated carbocycles. The third-order valence-electron chi connectivity index (χ3n) is 3.96. The molecular formula is C21H26N2O8S. The molecule has 0 atom stereocenters. The van der Waals surface area contributed by atoms with E-state index in [2.05, 4.69) is 4.98 Å². The fourth-order valence-corrected chi connectivity index (χ4v) is 3.32. The van der Waals surface area contributed by atoms with Gasteiger partial charge >= 0.3 is 17.6 Å². The second-order valence-electron chi connectivity index (χ2n) is 6.49. The SMILES string of the molecule is CCOC(=O)Oc1cc(OC(=O)OCC)c(C(C)C)cc1-c1cncn1SC(=O)OCC. The Kier molecular flexibility index (Phi) is 9.39. The van der Waals surface area contributed by atoms with Crippen LogP contribution in [0.5, 0.6) is 11.5 Å². The first kappa shape index (κ1) is 25.1. The predicted molar refractivity (Wildman–Crippen MR) is 117 cm³/mol. The van der Waals surface area contributed by atoms with Gasteiger partial charge in [-0.1, -0.05) is 13.8 Å². The van der Waals surface area contributed by atoms with Crippen LogP contribution < -0.4 is 9.47 Å². The van der Waals surface area contributed by atoms with Crippen LogP contribution in [0.2, 0.25) is 0 Å². The number of benzene rings is 1. The van der Waals surface area contributed by atoms with Gasteiger partial charge < -0.3 is 23.7 Å². The van der Waals surface area contributed by atoms with E-state index in [-0.39, 0.29) is 37.2 Å². The van der Waals surface area contributed by atoms with Gasteiger partial charge in [-0.3, -0.25) is 3.97 Å². The molecule has 0 radical (unpaired) electrons. The van der Waals surface area contributed by atoms with E-state index in [1.807, 2.05) is 13.8 Å². The highest BCUT2D eigenvalue weighted by Gasteiger charge is 2.23. The summed E-state index contributed by atoms with van der Waals surface area (Å²) in [4.78, 5) is 40.1. The maximum atomic E-state index is 12.1. The quantitative estimate of drug-likeness (QED) is 0.284. The number of hydrogen-bond acceptors (Lipinski definition) is 10. The monoisotopic (exact) mass is 466 g/mol. The zero-order valence-corrected chi connectivity index (χ0v) is 19.4. The van der Waals surface area contributed by atoms with Crippen molar-refractivity contribution >= 4 is 29.6 Å². The van der Waals surface area contributed by atoms with Gasteiger partial charge in [0, 0.05) is 11.6 Å². The molecule has 0 N–H and O–H groups in total. The second-order valence-corrected chi connectivity index (χ2v) is 7.40. The van der Waals surface area contributed by atoms with Gasteiger partial charge in [-0.15, -0.1) is 0 Å². The Balaban J connectivity index is 2.58. The van der Waals surface area contributed by atoms with Crippen molar-refractivity contribution in [3.05, 3.63) is 30.2 Å². The summed E-state index contributed by atoms with van der Waals surface area (Å²) < 4.78 is 26.9. The van der Waals surface area contributed by atoms with Gasteiger partial charge in [-0.25, -0.2) is 19.4 Å². The van der Waals surface area contributed by atoms with E-state index in [4.69, 9.17) is 23.7 Å². The summed E-state index contributed by atoms with van der Waals surface area (Å²) in [5, 5.41) is -0.522. The largest absolute Gasteiger partial charge is 0.513 e. The van der Waals surface area contributed by atoms with Crippen molar-refractivity contribution in [2.24, 2.45) is 0 Å². The summed E-state index contributed by atoms with van der Waals surface area (Å²) in [5.74, 6) is 0.160. The van der Waals surface area contributed by atoms with Crippen molar-refractivity contribution in [1.82, 2.24) is 8.96 Å². The summed E-state index contributed by atoms with van der Waals surface area (Å²) in [7, 11) is 0. The van der Waals surface area contributed by atoms with Crippen LogP contribution in [0.25, 0.3) is 11.3 Å². The summed E-state index contributed by atoms with van der Waals surface area (Å²) in [5.41, 5.74) is 1.55. The lowest BCUT2D eigenvalue weighted by Crippen LogP contribution is -2.14. The van der Waals surface area contributed by atoms with Crippen LogP contribution in [0.1, 0.15) is 46.1 Å². The van der Waals surface area contributed by atoms with Crippen molar-refractivity contribution < 1.29 is 38.1 Å². The minimum Gasteiger partial charge on any atom is -0.457 e. The van der Waals surface area contributed by atoms with Crippen molar-refractivity contribution in [3.8, 4) is 22.8 Å². The highest BCUT2D eigenvalue weighted by molar-refractivity contribution is 8.12. The van der Waals surface area contributed by atoms with E-state index in [0.29, 0.717) is 16.8 Å². The van der Waals surface area contributed by atoms with Crippen molar-refractivity contribution in [3.63, 3.8) is 0 Å². The summed E-state index contributed by atoms with van der Waals surface area (Å²) in [6.07, 6.45) is 1.13. The predicted octanol–water partition coefficient (Wildman–Crippen LogP) is 5.40. The molecular weight excluding hydrogens is 440 g/mol. The molecule has 1 aromatic heterocycles. The van der Waals surface area contributed by atoms with Crippen molar-refractivity contribution in [2.75, 3.05) is 19.8 Å². The molecule has 2 rings (SSSR count). The molecule has 0 saturated heterocycles. The van der Waals surface area contributed by atoms with Crippen molar-refractivity contribution in [1.29, 1.82) is 0 Å². The third-order valence-corrected chi connectivity index (χ3v) is 4.72. The maximum Gasteiger partial charge on any atom is 0.513 e. The average molecular weight is 467 g/mol. The minimum atomic E-state index is -0.933. The highest BCUT2D eigenvalue weighted by Crippen LogP contribution is 2.40. The van der Waals surface area contributed by atoms with E-state index in [1.54, 1.807) is 26.8 Å². The van der Waals surface area contributed by atoms with Crippen molar-refractivity contribution in [2.45, 2.75) is 40.5 Å². The van der Waals surface area contributed by atoms with E-state index in [1.165, 1.54) is 22.6 Å². The summed E-state index contributed by atoms with van der Waals surface area (Å²) in [6.45, 7) is 9.31. The molecule has 2 aromatic rings. The number of nitrogens with zero attached hydrogens (tertiary/aromatic N) is 2. The molecule has 0 aliphatic heterocycles. The van der Waals surface area contributed by atoms with Gasteiger partial charge in [0.25, 0.3) is 0 Å². The first-order chi connectivity index (χ1) is 15.3. The van der Waals surface area contributed by atoms with Gasteiger partial charge in [0.15, 0.2) is 0 Å². The Bertz CT molecular complexity index is 957. The third kappa shape index (κ3) is 6.64. The van der Waals surface area contributed by atoms with Crippen LogP contribution in [0.4, 0.5) is 14.4 Å². The van der Waals surface area contributed by atoms with Crippen LogP contribution >= 0.6 is 11.9 Å².